The number of benzene rings is 2. The van der Waals surface area contributed by atoms with Crippen molar-refractivity contribution in [3.8, 4) is 16.9 Å². The third kappa shape index (κ3) is 2.23. The molecule has 100 valence electrons. The van der Waals surface area contributed by atoms with Gasteiger partial charge in [0.15, 0.2) is 0 Å². The van der Waals surface area contributed by atoms with Gasteiger partial charge in [0.25, 0.3) is 0 Å². The zero-order chi connectivity index (χ0) is 14.1. The van der Waals surface area contributed by atoms with Crippen LogP contribution in [0.3, 0.4) is 0 Å². The highest BCUT2D eigenvalue weighted by Gasteiger charge is 2.15. The van der Waals surface area contributed by atoms with Gasteiger partial charge < -0.3 is 5.11 Å². The molecule has 1 N–H and O–H groups in total. The van der Waals surface area contributed by atoms with Crippen molar-refractivity contribution in [2.75, 3.05) is 6.26 Å². The predicted octanol–water partition coefficient (Wildman–Crippen LogP) is 4.98. The van der Waals surface area contributed by atoms with E-state index in [4.69, 9.17) is 11.6 Å². The lowest BCUT2D eigenvalue weighted by atomic mass is 10.1. The van der Waals surface area contributed by atoms with Crippen molar-refractivity contribution >= 4 is 34.3 Å². The summed E-state index contributed by atoms with van der Waals surface area (Å²) >= 11 is 8.13. The number of pyridine rings is 1. The molecule has 1 heterocycles. The van der Waals surface area contributed by atoms with Crippen molar-refractivity contribution in [2.45, 2.75) is 5.03 Å². The van der Waals surface area contributed by atoms with E-state index in [9.17, 15) is 5.11 Å². The van der Waals surface area contributed by atoms with Crippen molar-refractivity contribution in [1.29, 1.82) is 0 Å². The molecule has 0 aliphatic carbocycles. The van der Waals surface area contributed by atoms with E-state index in [-0.39, 0.29) is 5.75 Å². The van der Waals surface area contributed by atoms with Crippen molar-refractivity contribution < 1.29 is 5.11 Å². The number of nitrogens with zero attached hydrogens (tertiary/aromatic N) is 1. The van der Waals surface area contributed by atoms with Crippen LogP contribution < -0.4 is 0 Å². The van der Waals surface area contributed by atoms with Gasteiger partial charge in [0, 0.05) is 10.9 Å². The average Bonchev–Trinajstić information content (AvgIpc) is 2.48. The van der Waals surface area contributed by atoms with Crippen LogP contribution in [0.5, 0.6) is 5.75 Å². The number of halogens is 1. The Hall–Kier alpha value is -1.71. The van der Waals surface area contributed by atoms with Gasteiger partial charge in [0.2, 0.25) is 0 Å². The maximum atomic E-state index is 9.65. The second-order valence-electron chi connectivity index (χ2n) is 4.38. The lowest BCUT2D eigenvalue weighted by molar-refractivity contribution is 0.476. The first-order chi connectivity index (χ1) is 9.70. The number of hydrogen-bond donors (Lipinski definition) is 1. The molecule has 0 fully saturated rings. The smallest absolute Gasteiger partial charge is 0.116 e. The number of phenolic OH excluding ortho intramolecular Hbond substituents is 1. The molecule has 0 saturated carbocycles. The number of thioether (sulfide) groups is 1. The molecule has 0 aliphatic heterocycles. The van der Waals surface area contributed by atoms with Crippen LogP contribution in [0.25, 0.3) is 22.0 Å². The maximum absolute atomic E-state index is 9.65. The van der Waals surface area contributed by atoms with Crippen LogP contribution in [0.4, 0.5) is 0 Å². The van der Waals surface area contributed by atoms with Crippen LogP contribution in [0.2, 0.25) is 5.02 Å². The Morgan fingerprint density at radius 2 is 1.85 bits per heavy atom. The molecule has 3 aromatic rings. The molecule has 0 unspecified atom stereocenters. The first kappa shape index (κ1) is 13.3. The minimum absolute atomic E-state index is 0.192. The molecule has 0 radical (unpaired) electrons. The highest BCUT2D eigenvalue weighted by Crippen LogP contribution is 2.40. The Morgan fingerprint density at radius 3 is 2.55 bits per heavy atom. The molecule has 0 spiro atoms. The van der Waals surface area contributed by atoms with Gasteiger partial charge in [0.1, 0.15) is 10.8 Å². The molecule has 1 aromatic heterocycles. The fraction of sp³-hybridized carbons (Fsp3) is 0.0625. The molecule has 0 amide bonds. The lowest BCUT2D eigenvalue weighted by Gasteiger charge is -2.12. The van der Waals surface area contributed by atoms with Crippen LogP contribution in [0.1, 0.15) is 0 Å². The highest BCUT2D eigenvalue weighted by molar-refractivity contribution is 7.98. The molecule has 0 saturated heterocycles. The second-order valence-corrected chi connectivity index (χ2v) is 5.55. The molecule has 0 aliphatic rings. The topological polar surface area (TPSA) is 33.1 Å². The summed E-state index contributed by atoms with van der Waals surface area (Å²) in [6.07, 6.45) is 1.98. The minimum atomic E-state index is 0.192. The van der Waals surface area contributed by atoms with E-state index in [0.29, 0.717) is 5.02 Å². The molecule has 2 aromatic carbocycles. The quantitative estimate of drug-likeness (QED) is 0.677. The monoisotopic (exact) mass is 301 g/mol. The third-order valence-corrected chi connectivity index (χ3v) is 4.20. The molecule has 0 atom stereocenters. The molecular weight excluding hydrogens is 290 g/mol. The van der Waals surface area contributed by atoms with Gasteiger partial charge in [-0.25, -0.2) is 4.98 Å². The Kier molecular flexibility index (Phi) is 3.55. The van der Waals surface area contributed by atoms with E-state index >= 15 is 0 Å². The summed E-state index contributed by atoms with van der Waals surface area (Å²) in [5, 5.41) is 11.9. The van der Waals surface area contributed by atoms with E-state index in [2.05, 4.69) is 4.98 Å². The summed E-state index contributed by atoms with van der Waals surface area (Å²) in [4.78, 5) is 4.64. The van der Waals surface area contributed by atoms with Crippen LogP contribution >= 0.6 is 23.4 Å². The molecule has 20 heavy (non-hydrogen) atoms. The SMILES string of the molecule is CSc1nc2ccc(O)cc2c(Cl)c1-c1ccccc1. The van der Waals surface area contributed by atoms with Crippen molar-refractivity contribution in [3.63, 3.8) is 0 Å². The standard InChI is InChI=1S/C16H12ClNOS/c1-20-16-14(10-5-3-2-4-6-10)15(17)12-9-11(19)7-8-13(12)18-16/h2-9,19H,1H3. The summed E-state index contributed by atoms with van der Waals surface area (Å²) in [7, 11) is 0. The number of rotatable bonds is 2. The van der Waals surface area contributed by atoms with Crippen LogP contribution in [0.15, 0.2) is 53.6 Å². The summed E-state index contributed by atoms with van der Waals surface area (Å²) in [6, 6.07) is 15.0. The van der Waals surface area contributed by atoms with Gasteiger partial charge in [-0.1, -0.05) is 41.9 Å². The Bertz CT molecular complexity index is 774. The van der Waals surface area contributed by atoms with Crippen molar-refractivity contribution in [2.24, 2.45) is 0 Å². The van der Waals surface area contributed by atoms with Crippen LogP contribution in [0, 0.1) is 0 Å². The number of phenols is 1. The largest absolute Gasteiger partial charge is 0.508 e. The minimum Gasteiger partial charge on any atom is -0.508 e. The lowest BCUT2D eigenvalue weighted by Crippen LogP contribution is -1.91. The van der Waals surface area contributed by atoms with E-state index in [1.54, 1.807) is 30.0 Å². The van der Waals surface area contributed by atoms with Gasteiger partial charge in [-0.2, -0.15) is 0 Å². The Balaban J connectivity index is 2.38. The molecule has 2 nitrogen and oxygen atoms in total. The number of aromatic hydroxyl groups is 1. The number of hydrogen-bond acceptors (Lipinski definition) is 3. The maximum Gasteiger partial charge on any atom is 0.116 e. The predicted molar refractivity (Wildman–Crippen MR) is 85.6 cm³/mol. The number of aromatic nitrogens is 1. The fourth-order valence-corrected chi connectivity index (χ4v) is 3.21. The zero-order valence-electron chi connectivity index (χ0n) is 10.8. The third-order valence-electron chi connectivity index (χ3n) is 3.13. The van der Waals surface area contributed by atoms with Gasteiger partial charge in [-0.3, -0.25) is 0 Å². The molecule has 4 heteroatoms. The molecule has 3 rings (SSSR count). The van der Waals surface area contributed by atoms with Crippen molar-refractivity contribution in [3.05, 3.63) is 53.6 Å². The van der Waals surface area contributed by atoms with Crippen molar-refractivity contribution in [1.82, 2.24) is 4.98 Å². The van der Waals surface area contributed by atoms with E-state index in [1.165, 1.54) is 0 Å². The first-order valence-electron chi connectivity index (χ1n) is 6.12. The van der Waals surface area contributed by atoms with E-state index < -0.39 is 0 Å². The first-order valence-corrected chi connectivity index (χ1v) is 7.72. The highest BCUT2D eigenvalue weighted by atomic mass is 35.5. The molecule has 0 bridgehead atoms. The number of fused-ring (bicyclic) bond motifs is 1. The normalized spacial score (nSPS) is 10.9. The summed E-state index contributed by atoms with van der Waals surface area (Å²) < 4.78 is 0. The summed E-state index contributed by atoms with van der Waals surface area (Å²) in [5.74, 6) is 0.192. The van der Waals surface area contributed by atoms with Gasteiger partial charge in [-0.15, -0.1) is 11.8 Å². The summed E-state index contributed by atoms with van der Waals surface area (Å²) in [6.45, 7) is 0. The second kappa shape index (κ2) is 5.35. The average molecular weight is 302 g/mol. The zero-order valence-corrected chi connectivity index (χ0v) is 12.4. The molecular formula is C16H12ClNOS. The fourth-order valence-electron chi connectivity index (χ4n) is 2.19. The Morgan fingerprint density at radius 1 is 1.10 bits per heavy atom. The summed E-state index contributed by atoms with van der Waals surface area (Å²) in [5.41, 5.74) is 2.73. The van der Waals surface area contributed by atoms with Gasteiger partial charge in [-0.05, 0) is 30.0 Å². The Labute approximate surface area is 126 Å². The van der Waals surface area contributed by atoms with Crippen LogP contribution in [-0.4, -0.2) is 16.3 Å². The van der Waals surface area contributed by atoms with Crippen LogP contribution in [-0.2, 0) is 0 Å². The van der Waals surface area contributed by atoms with E-state index in [0.717, 1.165) is 27.1 Å². The van der Waals surface area contributed by atoms with E-state index in [1.807, 2.05) is 36.6 Å². The van der Waals surface area contributed by atoms with Gasteiger partial charge >= 0.3 is 0 Å². The van der Waals surface area contributed by atoms with Gasteiger partial charge in [0.05, 0.1) is 10.5 Å².